The fraction of sp³-hybridized carbons (Fsp3) is 0.412. The van der Waals surface area contributed by atoms with Crippen LogP contribution in [0.4, 0.5) is 4.79 Å². The van der Waals surface area contributed by atoms with Gasteiger partial charge in [0.25, 0.3) is 5.91 Å². The van der Waals surface area contributed by atoms with E-state index in [1.54, 1.807) is 4.90 Å². The maximum atomic E-state index is 12.9. The molecule has 0 spiro atoms. The Hall–Kier alpha value is -2.38. The van der Waals surface area contributed by atoms with E-state index in [2.05, 4.69) is 10.6 Å². The minimum atomic E-state index is -0.504. The predicted octanol–water partition coefficient (Wildman–Crippen LogP) is 1.06. The van der Waals surface area contributed by atoms with Gasteiger partial charge in [-0.3, -0.25) is 4.79 Å². The van der Waals surface area contributed by atoms with Crippen molar-refractivity contribution < 1.29 is 19.1 Å². The Bertz CT molecular complexity index is 697. The molecule has 1 aromatic carbocycles. The monoisotopic (exact) mass is 331 g/mol. The first kappa shape index (κ1) is 16.5. The lowest BCUT2D eigenvalue weighted by Gasteiger charge is -2.26. The fourth-order valence-corrected chi connectivity index (χ4v) is 3.14. The molecule has 2 N–H and O–H groups in total. The summed E-state index contributed by atoms with van der Waals surface area (Å²) in [6.07, 6.45) is -0.504. The number of hydrogen-bond donors (Lipinski definition) is 2. The molecule has 1 aromatic rings. The Balaban J connectivity index is 1.91. The third-order valence-electron chi connectivity index (χ3n) is 4.41. The van der Waals surface area contributed by atoms with E-state index in [0.29, 0.717) is 24.4 Å². The van der Waals surface area contributed by atoms with Crippen molar-refractivity contribution in [3.63, 3.8) is 0 Å². The molecular weight excluding hydrogens is 310 g/mol. The molecule has 7 heteroatoms. The maximum Gasteiger partial charge on any atom is 0.319 e. The van der Waals surface area contributed by atoms with Crippen molar-refractivity contribution in [2.75, 3.05) is 27.3 Å². The summed E-state index contributed by atoms with van der Waals surface area (Å²) >= 11 is 0. The molecule has 2 aliphatic heterocycles. The van der Waals surface area contributed by atoms with Gasteiger partial charge >= 0.3 is 6.03 Å². The van der Waals surface area contributed by atoms with Gasteiger partial charge in [-0.25, -0.2) is 4.79 Å². The normalized spacial score (nSPS) is 20.3. The number of ether oxygens (including phenoxy) is 2. The molecule has 0 fully saturated rings. The van der Waals surface area contributed by atoms with E-state index in [9.17, 15) is 9.59 Å². The molecule has 0 bridgehead atoms. The Kier molecular flexibility index (Phi) is 4.55. The number of nitrogens with one attached hydrogen (secondary N) is 2. The van der Waals surface area contributed by atoms with Crippen LogP contribution in [0.2, 0.25) is 0 Å². The second kappa shape index (κ2) is 6.62. The Morgan fingerprint density at radius 2 is 1.96 bits per heavy atom. The summed E-state index contributed by atoms with van der Waals surface area (Å²) in [7, 11) is 3.06. The first-order chi connectivity index (χ1) is 11.5. The van der Waals surface area contributed by atoms with Crippen molar-refractivity contribution in [2.24, 2.45) is 0 Å². The first-order valence-corrected chi connectivity index (χ1v) is 7.76. The van der Waals surface area contributed by atoms with E-state index in [0.717, 1.165) is 11.1 Å². The van der Waals surface area contributed by atoms with Crippen LogP contribution in [-0.2, 0) is 14.3 Å². The molecule has 0 saturated carbocycles. The van der Waals surface area contributed by atoms with Crippen LogP contribution >= 0.6 is 0 Å². The SMILES string of the molecule is COC(CN1CC2=C(C1=O)C(c1ccccc1C)NC(=O)N2)OC. The second-order valence-electron chi connectivity index (χ2n) is 5.87. The van der Waals surface area contributed by atoms with Gasteiger partial charge in [-0.2, -0.15) is 0 Å². The van der Waals surface area contributed by atoms with Gasteiger partial charge in [0.15, 0.2) is 6.29 Å². The van der Waals surface area contributed by atoms with Crippen molar-refractivity contribution in [1.29, 1.82) is 0 Å². The largest absolute Gasteiger partial charge is 0.354 e. The molecule has 1 unspecified atom stereocenters. The number of hydrogen-bond acceptors (Lipinski definition) is 4. The van der Waals surface area contributed by atoms with Gasteiger partial charge < -0.3 is 25.0 Å². The summed E-state index contributed by atoms with van der Waals surface area (Å²) in [4.78, 5) is 26.5. The minimum Gasteiger partial charge on any atom is -0.354 e. The van der Waals surface area contributed by atoms with Gasteiger partial charge in [-0.05, 0) is 18.1 Å². The van der Waals surface area contributed by atoms with Crippen LogP contribution in [-0.4, -0.2) is 50.4 Å². The van der Waals surface area contributed by atoms with Gasteiger partial charge in [-0.1, -0.05) is 24.3 Å². The molecular formula is C17H21N3O4. The summed E-state index contributed by atoms with van der Waals surface area (Å²) in [6.45, 7) is 2.61. The molecule has 3 amide bonds. The average molecular weight is 331 g/mol. The standard InChI is InChI=1S/C17H21N3O4/c1-10-6-4-5-7-11(10)15-14-12(18-17(22)19-15)8-20(16(14)21)9-13(23-2)24-3/h4-7,13,15H,8-9H2,1-3H3,(H2,18,19,22). The number of nitrogens with zero attached hydrogens (tertiary/aromatic N) is 1. The number of methoxy groups -OCH3 is 2. The van der Waals surface area contributed by atoms with E-state index in [-0.39, 0.29) is 11.9 Å². The molecule has 0 radical (unpaired) electrons. The predicted molar refractivity (Wildman–Crippen MR) is 87.0 cm³/mol. The smallest absolute Gasteiger partial charge is 0.319 e. The number of amides is 3. The molecule has 0 aromatic heterocycles. The van der Waals surface area contributed by atoms with Crippen molar-refractivity contribution >= 4 is 11.9 Å². The van der Waals surface area contributed by atoms with Crippen molar-refractivity contribution in [3.05, 3.63) is 46.7 Å². The van der Waals surface area contributed by atoms with Crippen LogP contribution in [0.25, 0.3) is 0 Å². The summed E-state index contributed by atoms with van der Waals surface area (Å²) in [6, 6.07) is 6.98. The highest BCUT2D eigenvalue weighted by Crippen LogP contribution is 2.33. The number of carbonyl (C=O) groups is 2. The number of carbonyl (C=O) groups excluding carboxylic acids is 2. The van der Waals surface area contributed by atoms with Crippen LogP contribution < -0.4 is 10.6 Å². The number of urea groups is 1. The zero-order valence-corrected chi connectivity index (χ0v) is 14.0. The lowest BCUT2D eigenvalue weighted by Crippen LogP contribution is -2.44. The van der Waals surface area contributed by atoms with Gasteiger partial charge in [0, 0.05) is 14.2 Å². The van der Waals surface area contributed by atoms with Gasteiger partial charge in [0.05, 0.1) is 30.4 Å². The molecule has 1 atom stereocenters. The molecule has 128 valence electrons. The van der Waals surface area contributed by atoms with E-state index in [4.69, 9.17) is 9.47 Å². The third-order valence-corrected chi connectivity index (χ3v) is 4.41. The highest BCUT2D eigenvalue weighted by Gasteiger charge is 2.41. The zero-order valence-electron chi connectivity index (χ0n) is 14.0. The van der Waals surface area contributed by atoms with Crippen LogP contribution in [0.3, 0.4) is 0 Å². The highest BCUT2D eigenvalue weighted by atomic mass is 16.7. The third kappa shape index (κ3) is 2.88. The minimum absolute atomic E-state index is 0.121. The Labute approximate surface area is 140 Å². The Morgan fingerprint density at radius 1 is 1.25 bits per heavy atom. The van der Waals surface area contributed by atoms with Gasteiger partial charge in [-0.15, -0.1) is 0 Å². The number of benzene rings is 1. The van der Waals surface area contributed by atoms with Crippen LogP contribution in [0.5, 0.6) is 0 Å². The van der Waals surface area contributed by atoms with Crippen LogP contribution in [0.15, 0.2) is 35.5 Å². The summed E-state index contributed by atoms with van der Waals surface area (Å²) in [5.74, 6) is -0.121. The first-order valence-electron chi connectivity index (χ1n) is 7.76. The molecule has 0 aliphatic carbocycles. The number of aryl methyl sites for hydroxylation is 1. The van der Waals surface area contributed by atoms with E-state index < -0.39 is 12.3 Å². The van der Waals surface area contributed by atoms with E-state index >= 15 is 0 Å². The summed E-state index contributed by atoms with van der Waals surface area (Å²) in [5.41, 5.74) is 3.16. The number of rotatable bonds is 5. The lowest BCUT2D eigenvalue weighted by molar-refractivity contribution is -0.140. The van der Waals surface area contributed by atoms with Crippen LogP contribution in [0.1, 0.15) is 17.2 Å². The van der Waals surface area contributed by atoms with E-state index in [1.165, 1.54) is 14.2 Å². The molecule has 24 heavy (non-hydrogen) atoms. The molecule has 2 aliphatic rings. The fourth-order valence-electron chi connectivity index (χ4n) is 3.14. The average Bonchev–Trinajstić information content (AvgIpc) is 2.88. The topological polar surface area (TPSA) is 79.9 Å². The van der Waals surface area contributed by atoms with Crippen molar-refractivity contribution in [3.8, 4) is 0 Å². The lowest BCUT2D eigenvalue weighted by atomic mass is 9.93. The summed E-state index contributed by atoms with van der Waals surface area (Å²) in [5, 5.41) is 5.61. The molecule has 0 saturated heterocycles. The highest BCUT2D eigenvalue weighted by molar-refractivity contribution is 6.01. The van der Waals surface area contributed by atoms with Crippen LogP contribution in [0, 0.1) is 6.92 Å². The van der Waals surface area contributed by atoms with Gasteiger partial charge in [0.1, 0.15) is 0 Å². The van der Waals surface area contributed by atoms with Gasteiger partial charge in [0.2, 0.25) is 0 Å². The van der Waals surface area contributed by atoms with Crippen molar-refractivity contribution in [1.82, 2.24) is 15.5 Å². The molecule has 3 rings (SSSR count). The molecule has 2 heterocycles. The summed E-state index contributed by atoms with van der Waals surface area (Å²) < 4.78 is 10.4. The maximum absolute atomic E-state index is 12.9. The molecule has 7 nitrogen and oxygen atoms in total. The second-order valence-corrected chi connectivity index (χ2v) is 5.87. The van der Waals surface area contributed by atoms with Crippen molar-refractivity contribution in [2.45, 2.75) is 19.3 Å². The quantitative estimate of drug-likeness (QED) is 0.791. The van der Waals surface area contributed by atoms with E-state index in [1.807, 2.05) is 31.2 Å². The Morgan fingerprint density at radius 3 is 2.62 bits per heavy atom. The zero-order chi connectivity index (χ0) is 17.3.